The molecule has 2 rings (SSSR count). The van der Waals surface area contributed by atoms with E-state index in [0.29, 0.717) is 5.76 Å². The summed E-state index contributed by atoms with van der Waals surface area (Å²) in [4.78, 5) is 27.7. The first-order valence-electron chi connectivity index (χ1n) is 8.16. The Morgan fingerprint density at radius 2 is 1.92 bits per heavy atom. The van der Waals surface area contributed by atoms with Crippen LogP contribution in [0.5, 0.6) is 0 Å². The quantitative estimate of drug-likeness (QED) is 0.819. The molecule has 1 heterocycles. The van der Waals surface area contributed by atoms with Crippen molar-refractivity contribution in [2.24, 2.45) is 0 Å². The number of benzene rings is 1. The SMILES string of the molecule is CC(C)(C)OC(=O)NCC(NC(=O)OCc1ccccc1)c1cnco1. The van der Waals surface area contributed by atoms with Gasteiger partial charge in [-0.05, 0) is 26.3 Å². The fraction of sp³-hybridized carbons (Fsp3) is 0.389. The van der Waals surface area contributed by atoms with Crippen LogP contribution >= 0.6 is 0 Å². The van der Waals surface area contributed by atoms with Gasteiger partial charge in [0.1, 0.15) is 24.0 Å². The molecule has 26 heavy (non-hydrogen) atoms. The molecule has 1 aromatic heterocycles. The van der Waals surface area contributed by atoms with Crippen molar-refractivity contribution < 1.29 is 23.5 Å². The Kier molecular flexibility index (Phi) is 6.60. The van der Waals surface area contributed by atoms with Crippen molar-refractivity contribution in [1.82, 2.24) is 15.6 Å². The van der Waals surface area contributed by atoms with Gasteiger partial charge < -0.3 is 24.5 Å². The molecular formula is C18H23N3O5. The Balaban J connectivity index is 1.89. The predicted molar refractivity (Wildman–Crippen MR) is 93.2 cm³/mol. The molecule has 8 heteroatoms. The average molecular weight is 361 g/mol. The van der Waals surface area contributed by atoms with Gasteiger partial charge in [0.25, 0.3) is 0 Å². The number of nitrogens with one attached hydrogen (secondary N) is 2. The van der Waals surface area contributed by atoms with Crippen molar-refractivity contribution in [2.75, 3.05) is 6.54 Å². The topological polar surface area (TPSA) is 103 Å². The molecule has 0 radical (unpaired) electrons. The van der Waals surface area contributed by atoms with Gasteiger partial charge in [-0.25, -0.2) is 14.6 Å². The van der Waals surface area contributed by atoms with Crippen molar-refractivity contribution in [2.45, 2.75) is 39.0 Å². The number of alkyl carbamates (subject to hydrolysis) is 2. The molecule has 1 aromatic carbocycles. The second kappa shape index (κ2) is 8.89. The lowest BCUT2D eigenvalue weighted by molar-refractivity contribution is 0.0519. The maximum Gasteiger partial charge on any atom is 0.408 e. The summed E-state index contributed by atoms with van der Waals surface area (Å²) in [5.41, 5.74) is 0.249. The molecule has 8 nitrogen and oxygen atoms in total. The minimum atomic E-state index is -0.645. The molecular weight excluding hydrogens is 338 g/mol. The maximum absolute atomic E-state index is 12.1. The van der Waals surface area contributed by atoms with Crippen LogP contribution in [0.25, 0.3) is 0 Å². The van der Waals surface area contributed by atoms with Gasteiger partial charge in [0.15, 0.2) is 6.39 Å². The first-order valence-corrected chi connectivity index (χ1v) is 8.16. The molecule has 0 aliphatic rings. The monoisotopic (exact) mass is 361 g/mol. The predicted octanol–water partition coefficient (Wildman–Crippen LogP) is 3.17. The molecule has 140 valence electrons. The smallest absolute Gasteiger partial charge is 0.408 e. The van der Waals surface area contributed by atoms with E-state index in [1.54, 1.807) is 20.8 Å². The minimum absolute atomic E-state index is 0.0601. The van der Waals surface area contributed by atoms with Gasteiger partial charge in [0.2, 0.25) is 0 Å². The van der Waals surface area contributed by atoms with E-state index in [4.69, 9.17) is 13.9 Å². The van der Waals surface area contributed by atoms with Crippen LogP contribution in [0.2, 0.25) is 0 Å². The van der Waals surface area contributed by atoms with Crippen LogP contribution in [0.15, 0.2) is 47.3 Å². The summed E-state index contributed by atoms with van der Waals surface area (Å²) >= 11 is 0. The standard InChI is InChI=1S/C18H23N3O5/c1-18(2,3)26-16(22)20-9-14(15-10-19-12-25-15)21-17(23)24-11-13-7-5-4-6-8-13/h4-8,10,12,14H,9,11H2,1-3H3,(H,20,22)(H,21,23). The highest BCUT2D eigenvalue weighted by molar-refractivity contribution is 5.69. The van der Waals surface area contributed by atoms with Gasteiger partial charge in [-0.15, -0.1) is 0 Å². The molecule has 0 aliphatic carbocycles. The highest BCUT2D eigenvalue weighted by Crippen LogP contribution is 2.13. The van der Waals surface area contributed by atoms with Crippen LogP contribution in [-0.2, 0) is 16.1 Å². The maximum atomic E-state index is 12.1. The molecule has 0 fully saturated rings. The number of hydrogen-bond acceptors (Lipinski definition) is 6. The van der Waals surface area contributed by atoms with E-state index in [1.807, 2.05) is 30.3 Å². The molecule has 1 atom stereocenters. The number of rotatable bonds is 6. The van der Waals surface area contributed by atoms with Crippen LogP contribution < -0.4 is 10.6 Å². The number of ether oxygens (including phenoxy) is 2. The van der Waals surface area contributed by atoms with Gasteiger partial charge in [0, 0.05) is 6.54 Å². The molecule has 1 unspecified atom stereocenters. The van der Waals surface area contributed by atoms with Gasteiger partial charge in [-0.2, -0.15) is 0 Å². The fourth-order valence-electron chi connectivity index (χ4n) is 2.03. The normalized spacial score (nSPS) is 12.1. The lowest BCUT2D eigenvalue weighted by atomic mass is 10.2. The zero-order valence-corrected chi connectivity index (χ0v) is 15.0. The Morgan fingerprint density at radius 1 is 1.19 bits per heavy atom. The highest BCUT2D eigenvalue weighted by Gasteiger charge is 2.22. The molecule has 0 bridgehead atoms. The summed E-state index contributed by atoms with van der Waals surface area (Å²) in [5, 5.41) is 5.23. The van der Waals surface area contributed by atoms with E-state index >= 15 is 0 Å². The zero-order valence-electron chi connectivity index (χ0n) is 15.0. The molecule has 2 amide bonds. The van der Waals surface area contributed by atoms with Crippen molar-refractivity contribution >= 4 is 12.2 Å². The van der Waals surface area contributed by atoms with Crippen LogP contribution in [0.4, 0.5) is 9.59 Å². The van der Waals surface area contributed by atoms with Crippen LogP contribution in [-0.4, -0.2) is 29.3 Å². The summed E-state index contributed by atoms with van der Waals surface area (Å²) in [6, 6.07) is 8.66. The van der Waals surface area contributed by atoms with Gasteiger partial charge in [-0.1, -0.05) is 30.3 Å². The summed E-state index contributed by atoms with van der Waals surface area (Å²) < 4.78 is 15.6. The summed E-state index contributed by atoms with van der Waals surface area (Å²) in [6.07, 6.45) is 1.47. The van der Waals surface area contributed by atoms with E-state index in [9.17, 15) is 9.59 Å². The average Bonchev–Trinajstić information content (AvgIpc) is 3.10. The lowest BCUT2D eigenvalue weighted by Gasteiger charge is -2.21. The molecule has 0 saturated carbocycles. The number of nitrogens with zero attached hydrogens (tertiary/aromatic N) is 1. The van der Waals surface area contributed by atoms with Gasteiger partial charge in [-0.3, -0.25) is 0 Å². The van der Waals surface area contributed by atoms with Gasteiger partial charge >= 0.3 is 12.2 Å². The Labute approximate surface area is 151 Å². The lowest BCUT2D eigenvalue weighted by Crippen LogP contribution is -2.40. The van der Waals surface area contributed by atoms with Crippen molar-refractivity contribution in [3.05, 3.63) is 54.2 Å². The van der Waals surface area contributed by atoms with E-state index in [-0.39, 0.29) is 13.2 Å². The van der Waals surface area contributed by atoms with Crippen LogP contribution in [0.1, 0.15) is 38.1 Å². The Hall–Kier alpha value is -3.03. The minimum Gasteiger partial charge on any atom is -0.446 e. The molecule has 2 aromatic rings. The van der Waals surface area contributed by atoms with Crippen molar-refractivity contribution in [3.8, 4) is 0 Å². The number of amides is 2. The third-order valence-electron chi connectivity index (χ3n) is 3.15. The Bertz CT molecular complexity index is 695. The molecule has 0 spiro atoms. The number of oxazole rings is 1. The third kappa shape index (κ3) is 6.84. The van der Waals surface area contributed by atoms with Crippen molar-refractivity contribution in [1.29, 1.82) is 0 Å². The second-order valence-corrected chi connectivity index (χ2v) is 6.55. The largest absolute Gasteiger partial charge is 0.446 e. The number of aromatic nitrogens is 1. The fourth-order valence-corrected chi connectivity index (χ4v) is 2.03. The number of carbonyl (C=O) groups is 2. The molecule has 0 saturated heterocycles. The summed E-state index contributed by atoms with van der Waals surface area (Å²) in [6.45, 7) is 5.49. The molecule has 2 N–H and O–H groups in total. The van der Waals surface area contributed by atoms with E-state index < -0.39 is 23.8 Å². The highest BCUT2D eigenvalue weighted by atomic mass is 16.6. The van der Waals surface area contributed by atoms with Crippen LogP contribution in [0.3, 0.4) is 0 Å². The number of hydrogen-bond donors (Lipinski definition) is 2. The first-order chi connectivity index (χ1) is 12.3. The zero-order chi connectivity index (χ0) is 19.0. The van der Waals surface area contributed by atoms with E-state index in [0.717, 1.165) is 5.56 Å². The first kappa shape index (κ1) is 19.3. The Morgan fingerprint density at radius 3 is 2.54 bits per heavy atom. The second-order valence-electron chi connectivity index (χ2n) is 6.55. The van der Waals surface area contributed by atoms with E-state index in [2.05, 4.69) is 15.6 Å². The number of carbonyl (C=O) groups excluding carboxylic acids is 2. The van der Waals surface area contributed by atoms with Crippen molar-refractivity contribution in [3.63, 3.8) is 0 Å². The summed E-state index contributed by atoms with van der Waals surface area (Å²) in [5.74, 6) is 0.387. The van der Waals surface area contributed by atoms with E-state index in [1.165, 1.54) is 12.6 Å². The third-order valence-corrected chi connectivity index (χ3v) is 3.15. The molecule has 0 aliphatic heterocycles. The summed E-state index contributed by atoms with van der Waals surface area (Å²) in [7, 11) is 0. The van der Waals surface area contributed by atoms with Gasteiger partial charge in [0.05, 0.1) is 6.20 Å². The van der Waals surface area contributed by atoms with Crippen LogP contribution in [0, 0.1) is 0 Å².